The van der Waals surface area contributed by atoms with Gasteiger partial charge in [-0.05, 0) is 29.8 Å². The molecule has 2 rings (SSSR count). The first-order chi connectivity index (χ1) is 12.5. The van der Waals surface area contributed by atoms with Crippen LogP contribution < -0.4 is 10.7 Å². The van der Waals surface area contributed by atoms with E-state index < -0.39 is 4.92 Å². The molecule has 0 bridgehead atoms. The molecule has 0 atom stereocenters. The number of carbonyl (C=O) groups is 2. The van der Waals surface area contributed by atoms with Gasteiger partial charge in [0, 0.05) is 17.8 Å². The maximum Gasteiger partial charge on any atom is 0.269 e. The number of amides is 2. The maximum atomic E-state index is 11.7. The highest BCUT2D eigenvalue weighted by Crippen LogP contribution is 2.10. The third-order valence-corrected chi connectivity index (χ3v) is 3.96. The van der Waals surface area contributed by atoms with Gasteiger partial charge >= 0.3 is 0 Å². The number of anilines is 1. The van der Waals surface area contributed by atoms with Crippen LogP contribution in [-0.4, -0.2) is 34.5 Å². The minimum absolute atomic E-state index is 0.0173. The first-order valence-corrected chi connectivity index (χ1v) is 8.69. The largest absolute Gasteiger partial charge is 0.325 e. The van der Waals surface area contributed by atoms with Gasteiger partial charge in [-0.3, -0.25) is 19.7 Å². The Bertz CT molecular complexity index is 794. The number of hydrazone groups is 1. The summed E-state index contributed by atoms with van der Waals surface area (Å²) in [5.74, 6) is -0.308. The summed E-state index contributed by atoms with van der Waals surface area (Å²) >= 11 is 1.17. The number of nitrogens with zero attached hydrogens (tertiary/aromatic N) is 2. The quantitative estimate of drug-likeness (QED) is 0.420. The number of nitrogens with one attached hydrogen (secondary N) is 2. The van der Waals surface area contributed by atoms with Crippen molar-refractivity contribution in [3.8, 4) is 0 Å². The summed E-state index contributed by atoms with van der Waals surface area (Å²) in [5, 5.41) is 17.0. The van der Waals surface area contributed by atoms with Crippen LogP contribution in [0.15, 0.2) is 59.7 Å². The Hall–Kier alpha value is -3.20. The number of hydrogen-bond donors (Lipinski definition) is 2. The molecule has 2 aromatic carbocycles. The van der Waals surface area contributed by atoms with Gasteiger partial charge in [0.1, 0.15) is 0 Å². The van der Waals surface area contributed by atoms with Crippen LogP contribution in [0, 0.1) is 10.1 Å². The lowest BCUT2D eigenvalue weighted by Crippen LogP contribution is -2.21. The molecule has 0 aromatic heterocycles. The summed E-state index contributed by atoms with van der Waals surface area (Å²) in [6.07, 6.45) is 1.38. The Morgan fingerprint density at radius 2 is 1.69 bits per heavy atom. The smallest absolute Gasteiger partial charge is 0.269 e. The van der Waals surface area contributed by atoms with Crippen molar-refractivity contribution in [2.45, 2.75) is 0 Å². The Labute approximate surface area is 153 Å². The second-order valence-electron chi connectivity index (χ2n) is 5.05. The molecule has 8 nitrogen and oxygen atoms in total. The number of hydrogen-bond acceptors (Lipinski definition) is 6. The Morgan fingerprint density at radius 3 is 2.35 bits per heavy atom. The van der Waals surface area contributed by atoms with Gasteiger partial charge in [-0.1, -0.05) is 18.2 Å². The van der Waals surface area contributed by atoms with E-state index in [1.165, 1.54) is 42.2 Å². The molecule has 0 aliphatic heterocycles. The second kappa shape index (κ2) is 9.94. The second-order valence-corrected chi connectivity index (χ2v) is 6.03. The molecular formula is C17H16N4O4S. The summed E-state index contributed by atoms with van der Waals surface area (Å²) in [4.78, 5) is 33.4. The van der Waals surface area contributed by atoms with Gasteiger partial charge in [0.25, 0.3) is 5.69 Å². The summed E-state index contributed by atoms with van der Waals surface area (Å²) < 4.78 is 0. The Kier molecular flexibility index (Phi) is 7.31. The molecule has 0 unspecified atom stereocenters. The average Bonchev–Trinajstić information content (AvgIpc) is 2.63. The van der Waals surface area contributed by atoms with E-state index in [1.807, 2.05) is 18.2 Å². The van der Waals surface area contributed by atoms with Gasteiger partial charge in [0.2, 0.25) is 11.8 Å². The molecule has 2 N–H and O–H groups in total. The number of rotatable bonds is 8. The first-order valence-electron chi connectivity index (χ1n) is 7.53. The zero-order valence-electron chi connectivity index (χ0n) is 13.6. The van der Waals surface area contributed by atoms with Crippen molar-refractivity contribution >= 4 is 41.2 Å². The lowest BCUT2D eigenvalue weighted by molar-refractivity contribution is -0.384. The fourth-order valence-corrected chi connectivity index (χ4v) is 2.46. The number of para-hydroxylation sites is 1. The maximum absolute atomic E-state index is 11.7. The zero-order chi connectivity index (χ0) is 18.8. The van der Waals surface area contributed by atoms with E-state index in [-0.39, 0.29) is 29.0 Å². The molecule has 0 radical (unpaired) electrons. The van der Waals surface area contributed by atoms with Crippen LogP contribution in [0.5, 0.6) is 0 Å². The van der Waals surface area contributed by atoms with Gasteiger partial charge in [-0.2, -0.15) is 5.10 Å². The van der Waals surface area contributed by atoms with Crippen LogP contribution in [0.2, 0.25) is 0 Å². The van der Waals surface area contributed by atoms with Gasteiger partial charge in [-0.25, -0.2) is 5.43 Å². The van der Waals surface area contributed by atoms with Crippen molar-refractivity contribution in [3.63, 3.8) is 0 Å². The molecule has 9 heteroatoms. The summed E-state index contributed by atoms with van der Waals surface area (Å²) in [5.41, 5.74) is 3.64. The molecule has 26 heavy (non-hydrogen) atoms. The summed E-state index contributed by atoms with van der Waals surface area (Å²) in [7, 11) is 0. The molecule has 0 saturated carbocycles. The highest BCUT2D eigenvalue weighted by Gasteiger charge is 2.06. The van der Waals surface area contributed by atoms with Crippen molar-refractivity contribution in [1.29, 1.82) is 0 Å². The van der Waals surface area contributed by atoms with Crippen molar-refractivity contribution in [2.24, 2.45) is 5.10 Å². The molecule has 2 amide bonds. The molecule has 0 saturated heterocycles. The lowest BCUT2D eigenvalue weighted by Gasteiger charge is -2.04. The number of nitro groups is 1. The number of non-ortho nitro benzene ring substituents is 1. The number of thioether (sulfide) groups is 1. The van der Waals surface area contributed by atoms with Crippen molar-refractivity contribution in [3.05, 3.63) is 70.3 Å². The van der Waals surface area contributed by atoms with Gasteiger partial charge in [0.15, 0.2) is 0 Å². The van der Waals surface area contributed by atoms with E-state index in [4.69, 9.17) is 0 Å². The van der Waals surface area contributed by atoms with E-state index in [9.17, 15) is 19.7 Å². The van der Waals surface area contributed by atoms with Crippen molar-refractivity contribution in [1.82, 2.24) is 5.43 Å². The summed E-state index contributed by atoms with van der Waals surface area (Å²) in [6, 6.07) is 14.8. The van der Waals surface area contributed by atoms with Crippen LogP contribution in [0.4, 0.5) is 11.4 Å². The third kappa shape index (κ3) is 6.73. The SMILES string of the molecule is O=C(CSCC(=O)Nc1ccccc1)N/N=C/c1ccc([N+](=O)[O-])cc1. The fourth-order valence-electron chi connectivity index (χ4n) is 1.85. The van der Waals surface area contributed by atoms with E-state index >= 15 is 0 Å². The highest BCUT2D eigenvalue weighted by molar-refractivity contribution is 8.00. The summed E-state index contributed by atoms with van der Waals surface area (Å²) in [6.45, 7) is 0. The minimum atomic E-state index is -0.492. The molecule has 2 aromatic rings. The minimum Gasteiger partial charge on any atom is -0.325 e. The standard InChI is InChI=1S/C17H16N4O4S/c22-16(19-14-4-2-1-3-5-14)11-26-12-17(23)20-18-10-13-6-8-15(9-7-13)21(24)25/h1-10H,11-12H2,(H,19,22)(H,20,23)/b18-10+. The zero-order valence-corrected chi connectivity index (χ0v) is 14.4. The van der Waals surface area contributed by atoms with Crippen LogP contribution in [-0.2, 0) is 9.59 Å². The molecule has 0 heterocycles. The number of carbonyl (C=O) groups excluding carboxylic acids is 2. The van der Waals surface area contributed by atoms with Gasteiger partial charge < -0.3 is 5.32 Å². The molecule has 0 aliphatic rings. The van der Waals surface area contributed by atoms with Gasteiger partial charge in [-0.15, -0.1) is 11.8 Å². The number of benzene rings is 2. The van der Waals surface area contributed by atoms with Crippen LogP contribution in [0.25, 0.3) is 0 Å². The predicted molar refractivity (Wildman–Crippen MR) is 101 cm³/mol. The third-order valence-electron chi connectivity index (χ3n) is 3.03. The van der Waals surface area contributed by atoms with E-state index in [0.29, 0.717) is 11.3 Å². The first kappa shape index (κ1) is 19.1. The van der Waals surface area contributed by atoms with Crippen LogP contribution in [0.3, 0.4) is 0 Å². The molecule has 134 valence electrons. The van der Waals surface area contributed by atoms with Crippen LogP contribution in [0.1, 0.15) is 5.56 Å². The molecule has 0 fully saturated rings. The van der Waals surface area contributed by atoms with E-state index in [1.54, 1.807) is 12.1 Å². The predicted octanol–water partition coefficient (Wildman–Crippen LogP) is 2.42. The van der Waals surface area contributed by atoms with Crippen molar-refractivity contribution < 1.29 is 14.5 Å². The Balaban J connectivity index is 1.67. The van der Waals surface area contributed by atoms with E-state index in [0.717, 1.165) is 0 Å². The highest BCUT2D eigenvalue weighted by atomic mass is 32.2. The van der Waals surface area contributed by atoms with Crippen LogP contribution >= 0.6 is 11.8 Å². The Morgan fingerprint density at radius 1 is 1.04 bits per heavy atom. The molecular weight excluding hydrogens is 356 g/mol. The molecule has 0 aliphatic carbocycles. The van der Waals surface area contributed by atoms with Crippen molar-refractivity contribution in [2.75, 3.05) is 16.8 Å². The normalized spacial score (nSPS) is 10.5. The average molecular weight is 372 g/mol. The number of nitro benzene ring substituents is 1. The van der Waals surface area contributed by atoms with Gasteiger partial charge in [0.05, 0.1) is 22.6 Å². The fraction of sp³-hybridized carbons (Fsp3) is 0.118. The lowest BCUT2D eigenvalue weighted by atomic mass is 10.2. The topological polar surface area (TPSA) is 114 Å². The monoisotopic (exact) mass is 372 g/mol. The molecule has 0 spiro atoms. The van der Waals surface area contributed by atoms with E-state index in [2.05, 4.69) is 15.8 Å².